The standard InChI is InChI=1S/C22H23N3O2S/c1-14(2)12-25-15(3)9-17(16(25)4)10-18(11-23)22(26)27-13-21-24-19-7-5-6-8-20(19)28-21/h5-10,14H,12-13H2,1-4H3/b18-10+. The van der Waals surface area contributed by atoms with Crippen LogP contribution in [0.25, 0.3) is 16.3 Å². The Kier molecular flexibility index (Phi) is 5.96. The fraction of sp³-hybridized carbons (Fsp3) is 0.318. The Morgan fingerprint density at radius 1 is 1.36 bits per heavy atom. The van der Waals surface area contributed by atoms with Gasteiger partial charge in [-0.2, -0.15) is 5.26 Å². The molecule has 0 radical (unpaired) electrons. The zero-order chi connectivity index (χ0) is 20.3. The summed E-state index contributed by atoms with van der Waals surface area (Å²) in [7, 11) is 0. The molecule has 3 aromatic rings. The van der Waals surface area contributed by atoms with Gasteiger partial charge in [-0.05, 0) is 49.6 Å². The molecule has 28 heavy (non-hydrogen) atoms. The van der Waals surface area contributed by atoms with Gasteiger partial charge in [0.1, 0.15) is 23.3 Å². The summed E-state index contributed by atoms with van der Waals surface area (Å²) in [5, 5.41) is 10.2. The SMILES string of the molecule is Cc1cc(/C=C(\C#N)C(=O)OCc2nc3ccccc3s2)c(C)n1CC(C)C. The Hall–Kier alpha value is -2.91. The number of ether oxygens (including phenoxy) is 1. The van der Waals surface area contributed by atoms with E-state index in [1.54, 1.807) is 6.08 Å². The molecule has 0 amide bonds. The van der Waals surface area contributed by atoms with E-state index in [-0.39, 0.29) is 12.2 Å². The number of para-hydroxylation sites is 1. The molecule has 0 bridgehead atoms. The summed E-state index contributed by atoms with van der Waals surface area (Å²) in [6.07, 6.45) is 1.61. The molecule has 6 heteroatoms. The summed E-state index contributed by atoms with van der Waals surface area (Å²) in [6, 6.07) is 11.7. The van der Waals surface area contributed by atoms with Crippen LogP contribution in [0.2, 0.25) is 0 Å². The van der Waals surface area contributed by atoms with Crippen molar-refractivity contribution in [3.63, 3.8) is 0 Å². The van der Waals surface area contributed by atoms with Crippen molar-refractivity contribution in [1.82, 2.24) is 9.55 Å². The summed E-state index contributed by atoms with van der Waals surface area (Å²) in [6.45, 7) is 9.31. The van der Waals surface area contributed by atoms with Gasteiger partial charge >= 0.3 is 5.97 Å². The second-order valence-corrected chi connectivity index (χ2v) is 8.27. The molecule has 2 aromatic heterocycles. The molecule has 0 aliphatic rings. The number of aryl methyl sites for hydroxylation is 1. The molecule has 0 unspecified atom stereocenters. The largest absolute Gasteiger partial charge is 0.454 e. The van der Waals surface area contributed by atoms with Crippen molar-refractivity contribution in [1.29, 1.82) is 5.26 Å². The van der Waals surface area contributed by atoms with Crippen LogP contribution in [0.4, 0.5) is 0 Å². The van der Waals surface area contributed by atoms with Gasteiger partial charge in [-0.15, -0.1) is 11.3 Å². The predicted molar refractivity (Wildman–Crippen MR) is 112 cm³/mol. The summed E-state index contributed by atoms with van der Waals surface area (Å²) < 4.78 is 8.59. The second-order valence-electron chi connectivity index (χ2n) is 7.15. The number of nitrogens with zero attached hydrogens (tertiary/aromatic N) is 3. The van der Waals surface area contributed by atoms with Crippen molar-refractivity contribution in [3.05, 3.63) is 57.9 Å². The fourth-order valence-electron chi connectivity index (χ4n) is 3.10. The number of carbonyl (C=O) groups is 1. The number of thiazole rings is 1. The van der Waals surface area contributed by atoms with E-state index in [9.17, 15) is 10.1 Å². The van der Waals surface area contributed by atoms with Gasteiger partial charge < -0.3 is 9.30 Å². The average Bonchev–Trinajstić information content (AvgIpc) is 3.19. The molecule has 0 fully saturated rings. The molecule has 0 atom stereocenters. The van der Waals surface area contributed by atoms with Gasteiger partial charge in [-0.3, -0.25) is 0 Å². The number of hydrogen-bond acceptors (Lipinski definition) is 5. The number of rotatable bonds is 6. The van der Waals surface area contributed by atoms with E-state index in [0.29, 0.717) is 10.9 Å². The van der Waals surface area contributed by atoms with E-state index in [4.69, 9.17) is 4.74 Å². The number of benzene rings is 1. The molecule has 0 aliphatic carbocycles. The molecular formula is C22H23N3O2S. The molecule has 144 valence electrons. The van der Waals surface area contributed by atoms with Crippen molar-refractivity contribution in [2.75, 3.05) is 0 Å². The third-order valence-electron chi connectivity index (χ3n) is 4.47. The Morgan fingerprint density at radius 3 is 2.79 bits per heavy atom. The van der Waals surface area contributed by atoms with Crippen LogP contribution in [0.15, 0.2) is 35.9 Å². The van der Waals surface area contributed by atoms with Crippen LogP contribution < -0.4 is 0 Å². The highest BCUT2D eigenvalue weighted by molar-refractivity contribution is 7.18. The molecule has 3 rings (SSSR count). The molecule has 0 aliphatic heterocycles. The lowest BCUT2D eigenvalue weighted by Gasteiger charge is -2.12. The van der Waals surface area contributed by atoms with Crippen LogP contribution in [0, 0.1) is 31.1 Å². The number of aromatic nitrogens is 2. The summed E-state index contributed by atoms with van der Waals surface area (Å²) >= 11 is 1.48. The molecule has 0 spiro atoms. The van der Waals surface area contributed by atoms with Gasteiger partial charge in [0.15, 0.2) is 0 Å². The second kappa shape index (κ2) is 8.41. The fourth-order valence-corrected chi connectivity index (χ4v) is 3.98. The number of carbonyl (C=O) groups excluding carboxylic acids is 1. The first kappa shape index (κ1) is 19.8. The first-order valence-corrected chi connectivity index (χ1v) is 10.0. The van der Waals surface area contributed by atoms with Gasteiger partial charge in [-0.1, -0.05) is 26.0 Å². The number of esters is 1. The van der Waals surface area contributed by atoms with Crippen LogP contribution >= 0.6 is 11.3 Å². The zero-order valence-corrected chi connectivity index (χ0v) is 17.3. The number of hydrogen-bond donors (Lipinski definition) is 0. The van der Waals surface area contributed by atoms with Gasteiger partial charge in [0, 0.05) is 17.9 Å². The maximum absolute atomic E-state index is 12.4. The van der Waals surface area contributed by atoms with Crippen molar-refractivity contribution < 1.29 is 9.53 Å². The minimum absolute atomic E-state index is 0.00842. The Morgan fingerprint density at radius 2 is 2.11 bits per heavy atom. The molecule has 0 saturated carbocycles. The highest BCUT2D eigenvalue weighted by Gasteiger charge is 2.15. The lowest BCUT2D eigenvalue weighted by Crippen LogP contribution is -2.08. The molecule has 0 saturated heterocycles. The third kappa shape index (κ3) is 4.32. The summed E-state index contributed by atoms with van der Waals surface area (Å²) in [4.78, 5) is 16.9. The van der Waals surface area contributed by atoms with Gasteiger partial charge in [0.25, 0.3) is 0 Å². The highest BCUT2D eigenvalue weighted by Crippen LogP contribution is 2.23. The van der Waals surface area contributed by atoms with Crippen molar-refractivity contribution in [3.8, 4) is 6.07 Å². The first-order valence-electron chi connectivity index (χ1n) is 9.19. The van der Waals surface area contributed by atoms with Gasteiger partial charge in [0.2, 0.25) is 0 Å². The maximum atomic E-state index is 12.4. The number of nitriles is 1. The Bertz CT molecular complexity index is 1050. The molecule has 0 N–H and O–H groups in total. The zero-order valence-electron chi connectivity index (χ0n) is 16.5. The van der Waals surface area contributed by atoms with Crippen LogP contribution in [-0.4, -0.2) is 15.5 Å². The summed E-state index contributed by atoms with van der Waals surface area (Å²) in [5.41, 5.74) is 3.89. The van der Waals surface area contributed by atoms with Gasteiger partial charge in [0.05, 0.1) is 10.2 Å². The highest BCUT2D eigenvalue weighted by atomic mass is 32.1. The average molecular weight is 394 g/mol. The lowest BCUT2D eigenvalue weighted by molar-refractivity contribution is -0.139. The Balaban J connectivity index is 1.75. The van der Waals surface area contributed by atoms with E-state index < -0.39 is 5.97 Å². The molecule has 1 aromatic carbocycles. The molecular weight excluding hydrogens is 370 g/mol. The van der Waals surface area contributed by atoms with Gasteiger partial charge in [-0.25, -0.2) is 9.78 Å². The molecule has 2 heterocycles. The van der Waals surface area contributed by atoms with Crippen molar-refractivity contribution >= 4 is 33.6 Å². The van der Waals surface area contributed by atoms with Crippen molar-refractivity contribution in [2.45, 2.75) is 40.8 Å². The number of fused-ring (bicyclic) bond motifs is 1. The first-order chi connectivity index (χ1) is 13.4. The molecule has 5 nitrogen and oxygen atoms in total. The summed E-state index contributed by atoms with van der Waals surface area (Å²) in [5.74, 6) is -0.119. The van der Waals surface area contributed by atoms with Crippen LogP contribution in [-0.2, 0) is 22.7 Å². The van der Waals surface area contributed by atoms with Crippen molar-refractivity contribution in [2.24, 2.45) is 5.92 Å². The minimum Gasteiger partial charge on any atom is -0.454 e. The predicted octanol–water partition coefficient (Wildman–Crippen LogP) is 5.02. The van der Waals surface area contributed by atoms with E-state index >= 15 is 0 Å². The quantitative estimate of drug-likeness (QED) is 0.335. The van der Waals surface area contributed by atoms with Crippen LogP contribution in [0.5, 0.6) is 0 Å². The maximum Gasteiger partial charge on any atom is 0.349 e. The van der Waals surface area contributed by atoms with E-state index in [0.717, 1.165) is 33.7 Å². The topological polar surface area (TPSA) is 67.9 Å². The van der Waals surface area contributed by atoms with E-state index in [1.807, 2.05) is 50.2 Å². The van der Waals surface area contributed by atoms with Crippen LogP contribution in [0.1, 0.15) is 35.8 Å². The monoisotopic (exact) mass is 393 g/mol. The van der Waals surface area contributed by atoms with E-state index in [2.05, 4.69) is 23.4 Å². The smallest absolute Gasteiger partial charge is 0.349 e. The Labute approximate surface area is 168 Å². The van der Waals surface area contributed by atoms with E-state index in [1.165, 1.54) is 11.3 Å². The third-order valence-corrected chi connectivity index (χ3v) is 5.48. The lowest BCUT2D eigenvalue weighted by atomic mass is 10.1. The van der Waals surface area contributed by atoms with Crippen LogP contribution in [0.3, 0.4) is 0 Å². The normalized spacial score (nSPS) is 11.8. The minimum atomic E-state index is -0.629.